The molecule has 0 amide bonds. The van der Waals surface area contributed by atoms with Crippen LogP contribution in [0, 0.1) is 6.92 Å². The van der Waals surface area contributed by atoms with E-state index in [9.17, 15) is 12.6 Å². The number of nitrogens with zero attached hydrogens (tertiary/aromatic N) is 1. The first-order chi connectivity index (χ1) is 15.5. The van der Waals surface area contributed by atoms with Crippen molar-refractivity contribution in [2.75, 3.05) is 0 Å². The summed E-state index contributed by atoms with van der Waals surface area (Å²) < 4.78 is 46.1. The molecule has 0 bridgehead atoms. The monoisotopic (exact) mass is 497 g/mol. The van der Waals surface area contributed by atoms with E-state index >= 15 is 0 Å². The van der Waals surface area contributed by atoms with Gasteiger partial charge in [-0.1, -0.05) is 95.7 Å². The fourth-order valence-corrected chi connectivity index (χ4v) is 12.0. The van der Waals surface area contributed by atoms with E-state index < -0.39 is 27.8 Å². The molecule has 0 N–H and O–H groups in total. The second-order valence-corrected chi connectivity index (χ2v) is 18.4. The highest BCUT2D eigenvalue weighted by Crippen LogP contribution is 2.32. The lowest BCUT2D eigenvalue weighted by Gasteiger charge is -2.25. The Labute approximate surface area is 199 Å². The summed E-state index contributed by atoms with van der Waals surface area (Å²) in [4.78, 5) is 0.477. The highest BCUT2D eigenvalue weighted by molar-refractivity contribution is 8.07. The van der Waals surface area contributed by atoms with Gasteiger partial charge >= 0.3 is 0 Å². The molecule has 0 radical (unpaired) electrons. The summed E-state index contributed by atoms with van der Waals surface area (Å²) in [6, 6.07) is 25.4. The van der Waals surface area contributed by atoms with Gasteiger partial charge in [0.1, 0.15) is 9.73 Å². The molecule has 3 rings (SSSR count). The van der Waals surface area contributed by atoms with Gasteiger partial charge in [0.05, 0.1) is 17.9 Å². The standard InChI is InChI=1S/C26H31NO3S2Si/c1-22-18-20-25(21-19-22)32(29,30)27-31(28,24-15-9-6-10-16-24)26(33(2,3)4)17-11-14-23-12-7-5-8-13-23/h5-10,12-13,15-21H,11,14H2,1-4H3/b26-17-. The Morgan fingerprint density at radius 2 is 1.33 bits per heavy atom. The third-order valence-corrected chi connectivity index (χ3v) is 13.7. The molecule has 0 aliphatic heterocycles. The Bertz CT molecular complexity index is 1330. The summed E-state index contributed by atoms with van der Waals surface area (Å²) in [5.41, 5.74) is 2.13. The normalized spacial score (nSPS) is 14.5. The number of benzene rings is 3. The first kappa shape index (κ1) is 25.1. The molecule has 0 saturated heterocycles. The van der Waals surface area contributed by atoms with Crippen molar-refractivity contribution >= 4 is 27.8 Å². The van der Waals surface area contributed by atoms with Gasteiger partial charge in [-0.3, -0.25) is 0 Å². The summed E-state index contributed by atoms with van der Waals surface area (Å²) in [5, 5.41) is 0. The highest BCUT2D eigenvalue weighted by atomic mass is 32.3. The number of aryl methyl sites for hydroxylation is 2. The van der Waals surface area contributed by atoms with E-state index in [1.165, 1.54) is 17.7 Å². The van der Waals surface area contributed by atoms with Gasteiger partial charge in [-0.2, -0.15) is 8.42 Å². The summed E-state index contributed by atoms with van der Waals surface area (Å²) in [5.74, 6) is 0. The predicted octanol–water partition coefficient (Wildman–Crippen LogP) is 6.60. The highest BCUT2D eigenvalue weighted by Gasteiger charge is 2.33. The van der Waals surface area contributed by atoms with Crippen molar-refractivity contribution in [1.29, 1.82) is 0 Å². The van der Waals surface area contributed by atoms with E-state index in [0.29, 0.717) is 15.8 Å². The van der Waals surface area contributed by atoms with Crippen LogP contribution in [0.5, 0.6) is 0 Å². The molecule has 4 nitrogen and oxygen atoms in total. The first-order valence-electron chi connectivity index (χ1n) is 10.9. The van der Waals surface area contributed by atoms with Crippen LogP contribution in [-0.2, 0) is 26.2 Å². The van der Waals surface area contributed by atoms with Gasteiger partial charge in [-0.15, -0.1) is 0 Å². The van der Waals surface area contributed by atoms with Crippen molar-refractivity contribution < 1.29 is 12.6 Å². The topological polar surface area (TPSA) is 63.6 Å². The smallest absolute Gasteiger partial charge is 0.239 e. The molecule has 1 atom stereocenters. The van der Waals surface area contributed by atoms with Crippen molar-refractivity contribution in [3.8, 4) is 0 Å². The van der Waals surface area contributed by atoms with E-state index in [0.717, 1.165) is 12.0 Å². The average molecular weight is 498 g/mol. The number of hydrogen-bond donors (Lipinski definition) is 0. The maximum Gasteiger partial charge on any atom is 0.290 e. The minimum atomic E-state index is -4.13. The van der Waals surface area contributed by atoms with Gasteiger partial charge in [0.15, 0.2) is 0 Å². The first-order valence-corrected chi connectivity index (χ1v) is 17.4. The molecular formula is C26H31NO3S2Si. The van der Waals surface area contributed by atoms with Crippen molar-refractivity contribution in [3.63, 3.8) is 0 Å². The second-order valence-electron chi connectivity index (χ2n) is 9.04. The van der Waals surface area contributed by atoms with Crippen LogP contribution in [-0.4, -0.2) is 20.7 Å². The molecule has 3 aromatic carbocycles. The lowest BCUT2D eigenvalue weighted by atomic mass is 10.1. The van der Waals surface area contributed by atoms with Crippen LogP contribution in [0.15, 0.2) is 109 Å². The molecule has 0 fully saturated rings. The van der Waals surface area contributed by atoms with E-state index in [4.69, 9.17) is 0 Å². The molecule has 3 aromatic rings. The average Bonchev–Trinajstić information content (AvgIpc) is 2.77. The zero-order valence-corrected chi connectivity index (χ0v) is 22.2. The third-order valence-electron chi connectivity index (χ3n) is 5.23. The van der Waals surface area contributed by atoms with Crippen LogP contribution in [0.2, 0.25) is 19.6 Å². The molecule has 174 valence electrons. The van der Waals surface area contributed by atoms with Crippen LogP contribution in [0.4, 0.5) is 0 Å². The fourth-order valence-electron chi connectivity index (χ4n) is 3.56. The summed E-state index contributed by atoms with van der Waals surface area (Å²) >= 11 is 0. The van der Waals surface area contributed by atoms with Crippen LogP contribution >= 0.6 is 0 Å². The summed E-state index contributed by atoms with van der Waals surface area (Å²) in [7, 11) is -9.74. The third kappa shape index (κ3) is 6.31. The fraction of sp³-hybridized carbons (Fsp3) is 0.231. The number of hydrogen-bond acceptors (Lipinski definition) is 3. The minimum Gasteiger partial charge on any atom is -0.239 e. The van der Waals surface area contributed by atoms with Crippen LogP contribution in [0.3, 0.4) is 0 Å². The van der Waals surface area contributed by atoms with Gasteiger partial charge in [-0.25, -0.2) is 4.21 Å². The zero-order chi connectivity index (χ0) is 24.1. The lowest BCUT2D eigenvalue weighted by molar-refractivity contribution is 0.598. The Balaban J connectivity index is 2.18. The number of allylic oxidation sites excluding steroid dienone is 1. The van der Waals surface area contributed by atoms with Crippen LogP contribution in [0.1, 0.15) is 17.5 Å². The van der Waals surface area contributed by atoms with Gasteiger partial charge in [0.2, 0.25) is 0 Å². The zero-order valence-electron chi connectivity index (χ0n) is 19.6. The lowest BCUT2D eigenvalue weighted by Crippen LogP contribution is -2.30. The maximum absolute atomic E-state index is 14.7. The summed E-state index contributed by atoms with van der Waals surface area (Å²) in [6.45, 7) is 8.13. The number of rotatable bonds is 8. The number of sulfonamides is 1. The molecule has 0 spiro atoms. The van der Waals surface area contributed by atoms with E-state index in [1.54, 1.807) is 36.4 Å². The molecule has 33 heavy (non-hydrogen) atoms. The van der Waals surface area contributed by atoms with E-state index in [-0.39, 0.29) is 4.90 Å². The van der Waals surface area contributed by atoms with Crippen LogP contribution < -0.4 is 0 Å². The molecular weight excluding hydrogens is 467 g/mol. The molecule has 1 unspecified atom stereocenters. The van der Waals surface area contributed by atoms with Crippen molar-refractivity contribution in [2.24, 2.45) is 3.77 Å². The molecule has 0 aliphatic rings. The Hall–Kier alpha value is -2.48. The van der Waals surface area contributed by atoms with Crippen LogP contribution in [0.25, 0.3) is 0 Å². The van der Waals surface area contributed by atoms with Gasteiger partial charge in [0.25, 0.3) is 10.0 Å². The van der Waals surface area contributed by atoms with Crippen molar-refractivity contribution in [1.82, 2.24) is 0 Å². The van der Waals surface area contributed by atoms with Gasteiger partial charge in [-0.05, 0) is 49.6 Å². The Morgan fingerprint density at radius 3 is 1.88 bits per heavy atom. The predicted molar refractivity (Wildman–Crippen MR) is 140 cm³/mol. The second kappa shape index (κ2) is 10.2. The molecule has 0 aromatic heterocycles. The Morgan fingerprint density at radius 1 is 0.788 bits per heavy atom. The maximum atomic E-state index is 14.7. The van der Waals surface area contributed by atoms with E-state index in [2.05, 4.69) is 35.5 Å². The summed E-state index contributed by atoms with van der Waals surface area (Å²) in [6.07, 6.45) is 3.42. The largest absolute Gasteiger partial charge is 0.290 e. The molecule has 0 saturated carbocycles. The molecule has 0 heterocycles. The SMILES string of the molecule is Cc1ccc(S(=O)(=O)N=S(=O)(/C(=C/CCc2ccccc2)[Si](C)(C)C)c2ccccc2)cc1. The quantitative estimate of drug-likeness (QED) is 0.329. The molecule has 7 heteroatoms. The van der Waals surface area contributed by atoms with E-state index in [1.807, 2.05) is 37.3 Å². The minimum absolute atomic E-state index is 0.0518. The van der Waals surface area contributed by atoms with Gasteiger partial charge < -0.3 is 0 Å². The van der Waals surface area contributed by atoms with Gasteiger partial charge in [0, 0.05) is 4.53 Å². The molecule has 0 aliphatic carbocycles. The van der Waals surface area contributed by atoms with Crippen molar-refractivity contribution in [2.45, 2.75) is 49.2 Å². The van der Waals surface area contributed by atoms with Crippen molar-refractivity contribution in [3.05, 3.63) is 107 Å². The Kier molecular flexibility index (Phi) is 7.77.